The molecule has 3 heteroatoms. The molecule has 1 N–H and O–H groups in total. The molecule has 3 nitrogen and oxygen atoms in total. The van der Waals surface area contributed by atoms with Gasteiger partial charge in [-0.05, 0) is 37.8 Å². The van der Waals surface area contributed by atoms with Crippen molar-refractivity contribution >= 4 is 5.82 Å². The fourth-order valence-corrected chi connectivity index (χ4v) is 2.73. The first-order valence-corrected chi connectivity index (χ1v) is 7.13. The monoisotopic (exact) mass is 247 g/mol. The topological polar surface area (TPSA) is 28.2 Å². The van der Waals surface area contributed by atoms with E-state index in [1.54, 1.807) is 0 Å². The number of nitrogens with zero attached hydrogens (tertiary/aromatic N) is 2. The van der Waals surface area contributed by atoms with Crippen molar-refractivity contribution in [3.63, 3.8) is 0 Å². The Hall–Kier alpha value is -1.09. The quantitative estimate of drug-likeness (QED) is 0.866. The van der Waals surface area contributed by atoms with Gasteiger partial charge in [0.15, 0.2) is 0 Å². The van der Waals surface area contributed by atoms with E-state index in [0.717, 1.165) is 31.2 Å². The molecule has 0 aromatic carbocycles. The molecular weight excluding hydrogens is 222 g/mol. The molecule has 2 rings (SSSR count). The number of likely N-dealkylation sites (tertiary alicyclic amines) is 1. The highest BCUT2D eigenvalue weighted by molar-refractivity contribution is 5.35. The fraction of sp³-hybridized carbons (Fsp3) is 0.667. The van der Waals surface area contributed by atoms with E-state index in [2.05, 4.69) is 54.2 Å². The second kappa shape index (κ2) is 6.19. The lowest BCUT2D eigenvalue weighted by Crippen LogP contribution is -2.27. The van der Waals surface area contributed by atoms with E-state index in [4.69, 9.17) is 0 Å². The zero-order valence-corrected chi connectivity index (χ0v) is 11.8. The van der Waals surface area contributed by atoms with Crippen LogP contribution in [0, 0.1) is 5.92 Å². The van der Waals surface area contributed by atoms with Gasteiger partial charge in [0.2, 0.25) is 0 Å². The van der Waals surface area contributed by atoms with Crippen LogP contribution in [0.25, 0.3) is 0 Å². The number of hydrogen-bond acceptors (Lipinski definition) is 3. The lowest BCUT2D eigenvalue weighted by Gasteiger charge is -2.20. The third-order valence-corrected chi connectivity index (χ3v) is 3.64. The van der Waals surface area contributed by atoms with E-state index in [1.807, 2.05) is 0 Å². The third-order valence-electron chi connectivity index (χ3n) is 3.64. The summed E-state index contributed by atoms with van der Waals surface area (Å²) < 4.78 is 0. The zero-order valence-electron chi connectivity index (χ0n) is 11.8. The smallest absolute Gasteiger partial charge is 0.126 e. The van der Waals surface area contributed by atoms with Crippen molar-refractivity contribution in [2.75, 3.05) is 18.4 Å². The molecule has 2 atom stereocenters. The Kier molecular flexibility index (Phi) is 4.59. The Balaban J connectivity index is 1.96. The van der Waals surface area contributed by atoms with Crippen molar-refractivity contribution < 1.29 is 0 Å². The summed E-state index contributed by atoms with van der Waals surface area (Å²) in [6.07, 6.45) is 2.44. The van der Waals surface area contributed by atoms with Crippen LogP contribution < -0.4 is 5.32 Å². The Bertz CT molecular complexity index is 378. The molecule has 0 spiro atoms. The second-order valence-corrected chi connectivity index (χ2v) is 5.56. The summed E-state index contributed by atoms with van der Waals surface area (Å²) in [6.45, 7) is 10.0. The van der Waals surface area contributed by atoms with Crippen LogP contribution in [0.15, 0.2) is 18.2 Å². The lowest BCUT2D eigenvalue weighted by atomic mass is 10.1. The average molecular weight is 247 g/mol. The average Bonchev–Trinajstić information content (AvgIpc) is 2.66. The molecule has 0 saturated carbocycles. The Morgan fingerprint density at radius 1 is 1.39 bits per heavy atom. The van der Waals surface area contributed by atoms with E-state index < -0.39 is 0 Å². The summed E-state index contributed by atoms with van der Waals surface area (Å²) in [5.41, 5.74) is 1.18. The zero-order chi connectivity index (χ0) is 13.0. The SMILES string of the molecule is CCCNc1cccc(CN2CC(C)CC2C)n1. The molecule has 0 bridgehead atoms. The minimum atomic E-state index is 0.689. The van der Waals surface area contributed by atoms with Gasteiger partial charge in [0.1, 0.15) is 5.82 Å². The molecule has 1 fully saturated rings. The largest absolute Gasteiger partial charge is 0.370 e. The molecule has 0 amide bonds. The molecule has 2 unspecified atom stereocenters. The van der Waals surface area contributed by atoms with Gasteiger partial charge in [-0.25, -0.2) is 4.98 Å². The van der Waals surface area contributed by atoms with Crippen molar-refractivity contribution in [2.24, 2.45) is 5.92 Å². The van der Waals surface area contributed by atoms with Crippen molar-refractivity contribution in [1.82, 2.24) is 9.88 Å². The van der Waals surface area contributed by atoms with E-state index in [0.29, 0.717) is 6.04 Å². The van der Waals surface area contributed by atoms with E-state index in [-0.39, 0.29) is 0 Å². The predicted molar refractivity (Wildman–Crippen MR) is 76.7 cm³/mol. The normalized spacial score (nSPS) is 24.4. The summed E-state index contributed by atoms with van der Waals surface area (Å²) in [5.74, 6) is 1.83. The van der Waals surface area contributed by atoms with Gasteiger partial charge >= 0.3 is 0 Å². The number of rotatable bonds is 5. The molecule has 18 heavy (non-hydrogen) atoms. The highest BCUT2D eigenvalue weighted by atomic mass is 15.2. The van der Waals surface area contributed by atoms with Crippen LogP contribution in [0.5, 0.6) is 0 Å². The molecule has 0 radical (unpaired) electrons. The summed E-state index contributed by atoms with van der Waals surface area (Å²) in [7, 11) is 0. The Morgan fingerprint density at radius 2 is 2.22 bits per heavy atom. The minimum Gasteiger partial charge on any atom is -0.370 e. The van der Waals surface area contributed by atoms with Crippen LogP contribution in [-0.2, 0) is 6.54 Å². The first-order valence-electron chi connectivity index (χ1n) is 7.13. The third kappa shape index (κ3) is 3.45. The number of aromatic nitrogens is 1. The van der Waals surface area contributed by atoms with Gasteiger partial charge in [0.05, 0.1) is 5.69 Å². The molecule has 1 aliphatic rings. The molecule has 0 aliphatic carbocycles. The van der Waals surface area contributed by atoms with E-state index in [9.17, 15) is 0 Å². The van der Waals surface area contributed by atoms with Crippen molar-refractivity contribution in [3.8, 4) is 0 Å². The van der Waals surface area contributed by atoms with Gasteiger partial charge in [0.25, 0.3) is 0 Å². The first kappa shape index (κ1) is 13.3. The first-order chi connectivity index (χ1) is 8.69. The maximum absolute atomic E-state index is 4.68. The van der Waals surface area contributed by atoms with Crippen LogP contribution >= 0.6 is 0 Å². The summed E-state index contributed by atoms with van der Waals surface area (Å²) in [5, 5.41) is 3.35. The van der Waals surface area contributed by atoms with Gasteiger partial charge in [0, 0.05) is 25.7 Å². The number of anilines is 1. The van der Waals surface area contributed by atoms with Gasteiger partial charge in [-0.2, -0.15) is 0 Å². The summed E-state index contributed by atoms with van der Waals surface area (Å²) >= 11 is 0. The van der Waals surface area contributed by atoms with Gasteiger partial charge in [-0.1, -0.05) is 19.9 Å². The molecule has 100 valence electrons. The molecule has 2 heterocycles. The van der Waals surface area contributed by atoms with E-state index >= 15 is 0 Å². The molecule has 1 aromatic rings. The van der Waals surface area contributed by atoms with Gasteiger partial charge < -0.3 is 5.32 Å². The predicted octanol–water partition coefficient (Wildman–Crippen LogP) is 3.13. The highest BCUT2D eigenvalue weighted by Crippen LogP contribution is 2.23. The summed E-state index contributed by atoms with van der Waals surface area (Å²) in [6, 6.07) is 6.97. The lowest BCUT2D eigenvalue weighted by molar-refractivity contribution is 0.253. The highest BCUT2D eigenvalue weighted by Gasteiger charge is 2.26. The Labute approximate surface area is 111 Å². The van der Waals surface area contributed by atoms with Crippen molar-refractivity contribution in [3.05, 3.63) is 23.9 Å². The minimum absolute atomic E-state index is 0.689. The maximum atomic E-state index is 4.68. The summed E-state index contributed by atoms with van der Waals surface area (Å²) in [4.78, 5) is 7.22. The fourth-order valence-electron chi connectivity index (χ4n) is 2.73. The van der Waals surface area contributed by atoms with Crippen LogP contribution in [-0.4, -0.2) is 29.0 Å². The van der Waals surface area contributed by atoms with Crippen LogP contribution in [0.4, 0.5) is 5.82 Å². The maximum Gasteiger partial charge on any atom is 0.126 e. The van der Waals surface area contributed by atoms with Crippen LogP contribution in [0.1, 0.15) is 39.3 Å². The van der Waals surface area contributed by atoms with Crippen LogP contribution in [0.3, 0.4) is 0 Å². The standard InChI is InChI=1S/C15H25N3/c1-4-8-16-15-7-5-6-14(17-15)11-18-10-12(2)9-13(18)3/h5-7,12-13H,4,8-11H2,1-3H3,(H,16,17). The number of hydrogen-bond donors (Lipinski definition) is 1. The van der Waals surface area contributed by atoms with E-state index in [1.165, 1.54) is 18.7 Å². The number of nitrogens with one attached hydrogen (secondary N) is 1. The number of pyridine rings is 1. The Morgan fingerprint density at radius 3 is 2.89 bits per heavy atom. The molecule has 1 aliphatic heterocycles. The van der Waals surface area contributed by atoms with Crippen molar-refractivity contribution in [2.45, 2.75) is 46.2 Å². The molecule has 1 aromatic heterocycles. The van der Waals surface area contributed by atoms with Gasteiger partial charge in [-0.15, -0.1) is 0 Å². The van der Waals surface area contributed by atoms with Crippen molar-refractivity contribution in [1.29, 1.82) is 0 Å². The second-order valence-electron chi connectivity index (χ2n) is 5.56. The van der Waals surface area contributed by atoms with Crippen LogP contribution in [0.2, 0.25) is 0 Å². The molecular formula is C15H25N3. The van der Waals surface area contributed by atoms with Gasteiger partial charge in [-0.3, -0.25) is 4.90 Å². The molecule has 1 saturated heterocycles.